The van der Waals surface area contributed by atoms with E-state index in [1.54, 1.807) is 4.52 Å². The van der Waals surface area contributed by atoms with Crippen molar-refractivity contribution in [3.8, 4) is 0 Å². The Bertz CT molecular complexity index is 833. The van der Waals surface area contributed by atoms with Crippen molar-refractivity contribution in [2.45, 2.75) is 58.5 Å². The van der Waals surface area contributed by atoms with E-state index in [1.807, 2.05) is 20.8 Å². The van der Waals surface area contributed by atoms with Crippen LogP contribution in [0, 0.1) is 19.8 Å². The van der Waals surface area contributed by atoms with Gasteiger partial charge in [-0.15, -0.1) is 0 Å². The molecule has 0 aliphatic heterocycles. The van der Waals surface area contributed by atoms with E-state index in [-0.39, 0.29) is 17.4 Å². The first kappa shape index (κ1) is 16.7. The van der Waals surface area contributed by atoms with Crippen molar-refractivity contribution >= 4 is 11.6 Å². The van der Waals surface area contributed by atoms with Crippen LogP contribution in [-0.4, -0.2) is 26.0 Å². The molecule has 7 nitrogen and oxygen atoms in total. The second-order valence-electron chi connectivity index (χ2n) is 7.10. The zero-order valence-electron chi connectivity index (χ0n) is 14.5. The molecular weight excluding hydrogens is 306 g/mol. The van der Waals surface area contributed by atoms with Crippen LogP contribution < -0.4 is 16.6 Å². The number of hydrogen-bond acceptors (Lipinski definition) is 4. The largest absolute Gasteiger partial charge is 0.352 e. The summed E-state index contributed by atoms with van der Waals surface area (Å²) in [6.07, 6.45) is 3.83. The maximum atomic E-state index is 12.6. The van der Waals surface area contributed by atoms with Crippen LogP contribution >= 0.6 is 0 Å². The zero-order chi connectivity index (χ0) is 17.5. The fourth-order valence-corrected chi connectivity index (χ4v) is 3.70. The standard InChI is InChI=1S/C17H25N5O2/c1-10-12(11(2)22-14(20-10)8-15(23)21-22)9-19-16(24)13-6-4-5-7-17(13,3)18/h8,13H,4-7,9,18H2,1-3H3,(H,19,24)(H,21,23). The lowest BCUT2D eigenvalue weighted by molar-refractivity contribution is -0.128. The molecule has 1 saturated carbocycles. The molecule has 0 aromatic carbocycles. The maximum Gasteiger partial charge on any atom is 0.266 e. The summed E-state index contributed by atoms with van der Waals surface area (Å²) < 4.78 is 1.66. The smallest absolute Gasteiger partial charge is 0.266 e. The molecule has 2 aromatic heterocycles. The van der Waals surface area contributed by atoms with Gasteiger partial charge in [0.05, 0.1) is 5.92 Å². The quantitative estimate of drug-likeness (QED) is 0.785. The monoisotopic (exact) mass is 331 g/mol. The highest BCUT2D eigenvalue weighted by atomic mass is 16.2. The van der Waals surface area contributed by atoms with Gasteiger partial charge in [-0.3, -0.25) is 14.7 Å². The van der Waals surface area contributed by atoms with Crippen molar-refractivity contribution < 1.29 is 4.79 Å². The molecule has 130 valence electrons. The molecule has 4 N–H and O–H groups in total. The minimum atomic E-state index is -0.444. The van der Waals surface area contributed by atoms with E-state index in [0.717, 1.165) is 42.6 Å². The van der Waals surface area contributed by atoms with Crippen LogP contribution in [0.25, 0.3) is 5.65 Å². The number of hydrogen-bond donors (Lipinski definition) is 3. The second-order valence-corrected chi connectivity index (χ2v) is 7.10. The number of aromatic amines is 1. The highest BCUT2D eigenvalue weighted by Crippen LogP contribution is 2.31. The lowest BCUT2D eigenvalue weighted by Crippen LogP contribution is -2.52. The number of carbonyl (C=O) groups is 1. The van der Waals surface area contributed by atoms with E-state index in [9.17, 15) is 9.59 Å². The molecule has 1 fully saturated rings. The molecule has 3 rings (SSSR count). The number of carbonyl (C=O) groups excluding carboxylic acids is 1. The number of nitrogens with two attached hydrogens (primary N) is 1. The van der Waals surface area contributed by atoms with Crippen molar-refractivity contribution in [3.05, 3.63) is 33.4 Å². The molecule has 1 amide bonds. The number of H-pyrrole nitrogens is 1. The van der Waals surface area contributed by atoms with E-state index in [0.29, 0.717) is 12.2 Å². The van der Waals surface area contributed by atoms with Gasteiger partial charge in [0.1, 0.15) is 0 Å². The second kappa shape index (κ2) is 6.05. The summed E-state index contributed by atoms with van der Waals surface area (Å²) in [5.41, 5.74) is 8.87. The molecule has 0 bridgehead atoms. The fraction of sp³-hybridized carbons (Fsp3) is 0.588. The summed E-state index contributed by atoms with van der Waals surface area (Å²) in [4.78, 5) is 28.5. The number of aryl methyl sites for hydroxylation is 2. The number of amides is 1. The molecule has 0 spiro atoms. The average Bonchev–Trinajstić information content (AvgIpc) is 2.87. The van der Waals surface area contributed by atoms with Gasteiger partial charge in [0.25, 0.3) is 5.56 Å². The summed E-state index contributed by atoms with van der Waals surface area (Å²) in [6.45, 7) is 6.14. The van der Waals surface area contributed by atoms with Crippen molar-refractivity contribution in [1.82, 2.24) is 19.9 Å². The number of aromatic nitrogens is 3. The van der Waals surface area contributed by atoms with E-state index < -0.39 is 5.54 Å². The van der Waals surface area contributed by atoms with Crippen LogP contribution in [0.15, 0.2) is 10.9 Å². The Labute approximate surface area is 140 Å². The SMILES string of the molecule is Cc1nc2cc(=O)[nH]n2c(C)c1CNC(=O)C1CCCCC1(C)N. The first-order chi connectivity index (χ1) is 11.3. The molecule has 2 aromatic rings. The fourth-order valence-electron chi connectivity index (χ4n) is 3.70. The Hall–Kier alpha value is -2.15. The topological polar surface area (TPSA) is 105 Å². The molecule has 7 heteroatoms. The molecule has 24 heavy (non-hydrogen) atoms. The van der Waals surface area contributed by atoms with Gasteiger partial charge < -0.3 is 11.1 Å². The number of nitrogens with one attached hydrogen (secondary N) is 2. The van der Waals surface area contributed by atoms with Gasteiger partial charge >= 0.3 is 0 Å². The van der Waals surface area contributed by atoms with Crippen molar-refractivity contribution in [3.63, 3.8) is 0 Å². The summed E-state index contributed by atoms with van der Waals surface area (Å²) >= 11 is 0. The predicted molar refractivity (Wildman–Crippen MR) is 91.7 cm³/mol. The van der Waals surface area contributed by atoms with Crippen LogP contribution in [0.1, 0.15) is 49.6 Å². The van der Waals surface area contributed by atoms with E-state index in [4.69, 9.17) is 5.73 Å². The van der Waals surface area contributed by atoms with Gasteiger partial charge in [-0.05, 0) is 33.6 Å². The van der Waals surface area contributed by atoms with E-state index in [1.165, 1.54) is 6.07 Å². The summed E-state index contributed by atoms with van der Waals surface area (Å²) in [6, 6.07) is 1.46. The minimum Gasteiger partial charge on any atom is -0.352 e. The van der Waals surface area contributed by atoms with Gasteiger partial charge in [-0.2, -0.15) is 0 Å². The summed E-state index contributed by atoms with van der Waals surface area (Å²) in [5.74, 6) is -0.158. The van der Waals surface area contributed by atoms with Crippen LogP contribution in [0.2, 0.25) is 0 Å². The average molecular weight is 331 g/mol. The maximum absolute atomic E-state index is 12.6. The molecule has 1 aliphatic rings. The zero-order valence-corrected chi connectivity index (χ0v) is 14.5. The van der Waals surface area contributed by atoms with Crippen molar-refractivity contribution in [1.29, 1.82) is 0 Å². The molecule has 2 heterocycles. The summed E-state index contributed by atoms with van der Waals surface area (Å²) in [5, 5.41) is 5.74. The van der Waals surface area contributed by atoms with Crippen LogP contribution in [0.5, 0.6) is 0 Å². The lowest BCUT2D eigenvalue weighted by atomic mass is 9.74. The molecule has 0 saturated heterocycles. The van der Waals surface area contributed by atoms with Crippen LogP contribution in [-0.2, 0) is 11.3 Å². The molecular formula is C17H25N5O2. The highest BCUT2D eigenvalue weighted by Gasteiger charge is 2.37. The van der Waals surface area contributed by atoms with Crippen LogP contribution in [0.4, 0.5) is 0 Å². The van der Waals surface area contributed by atoms with Gasteiger partial charge in [-0.1, -0.05) is 12.8 Å². The third-order valence-corrected chi connectivity index (χ3v) is 5.21. The third kappa shape index (κ3) is 2.96. The molecule has 2 unspecified atom stereocenters. The molecule has 2 atom stereocenters. The highest BCUT2D eigenvalue weighted by molar-refractivity contribution is 5.80. The van der Waals surface area contributed by atoms with Crippen molar-refractivity contribution in [2.24, 2.45) is 11.7 Å². The first-order valence-corrected chi connectivity index (χ1v) is 8.44. The van der Waals surface area contributed by atoms with Gasteiger partial charge in [0, 0.05) is 35.1 Å². The normalized spacial score (nSPS) is 24.2. The molecule has 1 aliphatic carbocycles. The van der Waals surface area contributed by atoms with Gasteiger partial charge in [-0.25, -0.2) is 9.50 Å². The Balaban J connectivity index is 1.80. The van der Waals surface area contributed by atoms with Crippen LogP contribution in [0.3, 0.4) is 0 Å². The predicted octanol–water partition coefficient (Wildman–Crippen LogP) is 1.16. The van der Waals surface area contributed by atoms with Gasteiger partial charge in [0.15, 0.2) is 5.65 Å². The van der Waals surface area contributed by atoms with E-state index >= 15 is 0 Å². The molecule has 0 radical (unpaired) electrons. The Morgan fingerprint density at radius 2 is 2.25 bits per heavy atom. The lowest BCUT2D eigenvalue weighted by Gasteiger charge is -2.37. The number of fused-ring (bicyclic) bond motifs is 1. The third-order valence-electron chi connectivity index (χ3n) is 5.21. The minimum absolute atomic E-state index is 0.000374. The Kier molecular flexibility index (Phi) is 4.21. The number of rotatable bonds is 3. The van der Waals surface area contributed by atoms with Crippen molar-refractivity contribution in [2.75, 3.05) is 0 Å². The summed E-state index contributed by atoms with van der Waals surface area (Å²) in [7, 11) is 0. The van der Waals surface area contributed by atoms with E-state index in [2.05, 4.69) is 15.4 Å². The Morgan fingerprint density at radius 3 is 2.96 bits per heavy atom. The van der Waals surface area contributed by atoms with Gasteiger partial charge in [0.2, 0.25) is 5.91 Å². The first-order valence-electron chi connectivity index (χ1n) is 8.44. The number of nitrogens with zero attached hydrogens (tertiary/aromatic N) is 2. The Morgan fingerprint density at radius 1 is 1.50 bits per heavy atom.